The van der Waals surface area contributed by atoms with E-state index in [2.05, 4.69) is 18.8 Å². The molecule has 0 aliphatic heterocycles. The first kappa shape index (κ1) is 14.6. The Labute approximate surface area is 121 Å². The average molecular weight is 273 g/mol. The number of amides is 1. The molecule has 0 spiro atoms. The molecule has 0 bridgehead atoms. The molecule has 2 rings (SSSR count). The number of carbonyl (C=O) groups excluding carboxylic acids is 1. The largest absolute Gasteiger partial charge is 0.445 e. The fourth-order valence-corrected chi connectivity index (χ4v) is 2.56. The molecule has 3 nitrogen and oxygen atoms in total. The van der Waals surface area contributed by atoms with Gasteiger partial charge in [0.15, 0.2) is 0 Å². The Morgan fingerprint density at radius 2 is 2.15 bits per heavy atom. The van der Waals surface area contributed by atoms with Crippen molar-refractivity contribution >= 4 is 6.09 Å². The minimum atomic E-state index is -0.344. The highest BCUT2D eigenvalue weighted by atomic mass is 16.5. The van der Waals surface area contributed by atoms with Crippen LogP contribution in [0, 0.1) is 17.8 Å². The van der Waals surface area contributed by atoms with E-state index < -0.39 is 0 Å². The first-order valence-electron chi connectivity index (χ1n) is 7.21. The van der Waals surface area contributed by atoms with Crippen molar-refractivity contribution in [2.75, 3.05) is 0 Å². The van der Waals surface area contributed by atoms with E-state index in [0.717, 1.165) is 5.56 Å². The van der Waals surface area contributed by atoms with Crippen molar-refractivity contribution in [2.45, 2.75) is 32.9 Å². The third-order valence-electron chi connectivity index (χ3n) is 4.22. The third kappa shape index (κ3) is 3.86. The third-order valence-corrected chi connectivity index (χ3v) is 4.22. The normalized spacial score (nSPS) is 23.5. The van der Waals surface area contributed by atoms with Crippen LogP contribution in [-0.4, -0.2) is 12.1 Å². The highest BCUT2D eigenvalue weighted by Gasteiger charge is 2.40. The molecular weight excluding hydrogens is 250 g/mol. The summed E-state index contributed by atoms with van der Waals surface area (Å²) in [6, 6.07) is 9.82. The lowest BCUT2D eigenvalue weighted by Crippen LogP contribution is -2.38. The zero-order chi connectivity index (χ0) is 14.5. The van der Waals surface area contributed by atoms with Crippen LogP contribution in [0.4, 0.5) is 4.79 Å². The van der Waals surface area contributed by atoms with Crippen molar-refractivity contribution in [2.24, 2.45) is 17.8 Å². The van der Waals surface area contributed by atoms with Gasteiger partial charge in [-0.15, -0.1) is 6.58 Å². The van der Waals surface area contributed by atoms with E-state index in [0.29, 0.717) is 24.4 Å². The van der Waals surface area contributed by atoms with Crippen molar-refractivity contribution < 1.29 is 9.53 Å². The minimum absolute atomic E-state index is 0.119. The zero-order valence-corrected chi connectivity index (χ0v) is 12.2. The molecule has 0 radical (unpaired) electrons. The molecule has 1 fully saturated rings. The predicted octanol–water partition coefficient (Wildman–Crippen LogP) is 3.76. The Morgan fingerprint density at radius 3 is 2.75 bits per heavy atom. The Morgan fingerprint density at radius 1 is 1.45 bits per heavy atom. The average Bonchev–Trinajstić information content (AvgIpc) is 3.25. The number of alkyl carbamates (subject to hydrolysis) is 1. The second-order valence-corrected chi connectivity index (χ2v) is 5.65. The molecule has 0 heterocycles. The lowest BCUT2D eigenvalue weighted by Gasteiger charge is -2.21. The van der Waals surface area contributed by atoms with Gasteiger partial charge in [-0.3, -0.25) is 0 Å². The Bertz CT molecular complexity index is 457. The van der Waals surface area contributed by atoms with E-state index in [1.807, 2.05) is 43.3 Å². The topological polar surface area (TPSA) is 38.3 Å². The van der Waals surface area contributed by atoms with E-state index >= 15 is 0 Å². The fraction of sp³-hybridized carbons (Fsp3) is 0.471. The number of nitrogens with one attached hydrogen (secondary N) is 1. The molecule has 20 heavy (non-hydrogen) atoms. The molecule has 3 heteroatoms. The van der Waals surface area contributed by atoms with Gasteiger partial charge in [-0.2, -0.15) is 0 Å². The van der Waals surface area contributed by atoms with Crippen LogP contribution < -0.4 is 5.32 Å². The van der Waals surface area contributed by atoms with Gasteiger partial charge >= 0.3 is 6.09 Å². The van der Waals surface area contributed by atoms with Crippen LogP contribution in [-0.2, 0) is 11.3 Å². The summed E-state index contributed by atoms with van der Waals surface area (Å²) in [5.74, 6) is 1.72. The van der Waals surface area contributed by atoms with E-state index in [-0.39, 0.29) is 12.1 Å². The number of allylic oxidation sites excluding steroid dienone is 1. The maximum absolute atomic E-state index is 11.8. The van der Waals surface area contributed by atoms with Gasteiger partial charge in [0, 0.05) is 6.04 Å². The molecule has 0 aromatic heterocycles. The lowest BCUT2D eigenvalue weighted by molar-refractivity contribution is 0.132. The van der Waals surface area contributed by atoms with Crippen molar-refractivity contribution in [3.63, 3.8) is 0 Å². The van der Waals surface area contributed by atoms with Gasteiger partial charge in [0.05, 0.1) is 0 Å². The van der Waals surface area contributed by atoms with Crippen LogP contribution in [0.2, 0.25) is 0 Å². The fourth-order valence-electron chi connectivity index (χ4n) is 2.56. The second-order valence-electron chi connectivity index (χ2n) is 5.65. The lowest BCUT2D eigenvalue weighted by atomic mass is 9.97. The van der Waals surface area contributed by atoms with Gasteiger partial charge < -0.3 is 10.1 Å². The van der Waals surface area contributed by atoms with Gasteiger partial charge in [-0.25, -0.2) is 4.79 Å². The number of ether oxygens (including phenoxy) is 1. The summed E-state index contributed by atoms with van der Waals surface area (Å²) >= 11 is 0. The number of rotatable bonds is 6. The maximum atomic E-state index is 11.8. The number of benzene rings is 1. The molecule has 0 saturated heterocycles. The standard InChI is InChI=1S/C17H23NO2/c1-4-15-10-16(15)12(2)13(3)18-17(19)20-11-14-8-6-5-7-9-14/h4-9,12-13,15-16H,1,10-11H2,2-3H3,(H,18,19)/t12?,13-,15?,16?/m0/s1. The molecule has 1 aromatic carbocycles. The smallest absolute Gasteiger partial charge is 0.407 e. The SMILES string of the molecule is C=CC1CC1C(C)[C@H](C)NC(=O)OCc1ccccc1. The van der Waals surface area contributed by atoms with E-state index in [4.69, 9.17) is 4.74 Å². The first-order valence-corrected chi connectivity index (χ1v) is 7.21. The predicted molar refractivity (Wildman–Crippen MR) is 80.2 cm³/mol. The summed E-state index contributed by atoms with van der Waals surface area (Å²) in [5, 5.41) is 2.92. The van der Waals surface area contributed by atoms with Gasteiger partial charge in [-0.05, 0) is 36.7 Å². The molecule has 1 saturated carbocycles. The van der Waals surface area contributed by atoms with Crippen molar-refractivity contribution in [3.05, 3.63) is 48.6 Å². The molecule has 108 valence electrons. The van der Waals surface area contributed by atoms with Crippen molar-refractivity contribution in [3.8, 4) is 0 Å². The molecular formula is C17H23NO2. The molecule has 4 atom stereocenters. The van der Waals surface area contributed by atoms with Gasteiger partial charge in [-0.1, -0.05) is 43.3 Å². The van der Waals surface area contributed by atoms with Gasteiger partial charge in [0.25, 0.3) is 0 Å². The highest BCUT2D eigenvalue weighted by molar-refractivity contribution is 5.67. The maximum Gasteiger partial charge on any atom is 0.407 e. The monoisotopic (exact) mass is 273 g/mol. The summed E-state index contributed by atoms with van der Waals surface area (Å²) in [5.41, 5.74) is 0.997. The van der Waals surface area contributed by atoms with Crippen LogP contribution in [0.5, 0.6) is 0 Å². The molecule has 3 unspecified atom stereocenters. The quantitative estimate of drug-likeness (QED) is 0.801. The van der Waals surface area contributed by atoms with Crippen LogP contribution in [0.1, 0.15) is 25.8 Å². The zero-order valence-electron chi connectivity index (χ0n) is 12.2. The van der Waals surface area contributed by atoms with Crippen LogP contribution >= 0.6 is 0 Å². The van der Waals surface area contributed by atoms with Crippen LogP contribution in [0.25, 0.3) is 0 Å². The summed E-state index contributed by atoms with van der Waals surface area (Å²) < 4.78 is 5.23. The summed E-state index contributed by atoms with van der Waals surface area (Å²) in [7, 11) is 0. The first-order chi connectivity index (χ1) is 9.61. The highest BCUT2D eigenvalue weighted by Crippen LogP contribution is 2.45. The van der Waals surface area contributed by atoms with E-state index in [1.165, 1.54) is 6.42 Å². The second kappa shape index (κ2) is 6.60. The molecule has 1 amide bonds. The Balaban J connectivity index is 1.72. The summed E-state index contributed by atoms with van der Waals surface area (Å²) in [6.07, 6.45) is 2.86. The van der Waals surface area contributed by atoms with E-state index in [1.54, 1.807) is 0 Å². The van der Waals surface area contributed by atoms with Gasteiger partial charge in [0.1, 0.15) is 6.61 Å². The number of carbonyl (C=O) groups is 1. The molecule has 1 aliphatic rings. The minimum Gasteiger partial charge on any atom is -0.445 e. The molecule has 1 N–H and O–H groups in total. The van der Waals surface area contributed by atoms with Crippen LogP contribution in [0.3, 0.4) is 0 Å². The number of hydrogen-bond acceptors (Lipinski definition) is 2. The van der Waals surface area contributed by atoms with Crippen molar-refractivity contribution in [1.29, 1.82) is 0 Å². The summed E-state index contributed by atoms with van der Waals surface area (Å²) in [6.45, 7) is 8.35. The van der Waals surface area contributed by atoms with E-state index in [9.17, 15) is 4.79 Å². The summed E-state index contributed by atoms with van der Waals surface area (Å²) in [4.78, 5) is 11.8. The van der Waals surface area contributed by atoms with Crippen LogP contribution in [0.15, 0.2) is 43.0 Å². The number of hydrogen-bond donors (Lipinski definition) is 1. The van der Waals surface area contributed by atoms with Crippen molar-refractivity contribution in [1.82, 2.24) is 5.32 Å². The van der Waals surface area contributed by atoms with Gasteiger partial charge in [0.2, 0.25) is 0 Å². The Kier molecular flexibility index (Phi) is 4.83. The Hall–Kier alpha value is -1.77. The molecule has 1 aliphatic carbocycles. The molecule has 1 aromatic rings.